The minimum atomic E-state index is -0.687. The Hall–Kier alpha value is -0.320. The van der Waals surface area contributed by atoms with Crippen LogP contribution in [0.25, 0.3) is 0 Å². The molecule has 0 amide bonds. The molecular weight excluding hydrogens is 333 g/mol. The smallest absolute Gasteiger partial charge is 0.125 e. The maximum absolute atomic E-state index is 13.1. The van der Waals surface area contributed by atoms with Crippen LogP contribution >= 0.6 is 27.5 Å². The quantitative estimate of drug-likeness (QED) is 0.772. The fourth-order valence-electron chi connectivity index (χ4n) is 2.53. The molecule has 0 radical (unpaired) electrons. The molecule has 1 aliphatic rings. The van der Waals surface area contributed by atoms with Crippen molar-refractivity contribution in [2.24, 2.45) is 0 Å². The first kappa shape index (κ1) is 15.1. The molecule has 106 valence electrons. The lowest BCUT2D eigenvalue weighted by Gasteiger charge is -2.27. The number of hydrogen-bond donors (Lipinski definition) is 2. The van der Waals surface area contributed by atoms with Crippen LogP contribution in [0.5, 0.6) is 0 Å². The van der Waals surface area contributed by atoms with E-state index in [-0.39, 0.29) is 5.82 Å². The number of anilines is 1. The van der Waals surface area contributed by atoms with Gasteiger partial charge >= 0.3 is 0 Å². The van der Waals surface area contributed by atoms with Crippen LogP contribution in [-0.4, -0.2) is 17.3 Å². The first-order valence-electron chi connectivity index (χ1n) is 6.61. The summed E-state index contributed by atoms with van der Waals surface area (Å²) in [5, 5.41) is 14.0. The fourth-order valence-corrected chi connectivity index (χ4v) is 3.49. The third-order valence-corrected chi connectivity index (χ3v) is 4.56. The Bertz CT molecular complexity index is 424. The van der Waals surface area contributed by atoms with Crippen LogP contribution in [0.2, 0.25) is 5.02 Å². The van der Waals surface area contributed by atoms with Crippen molar-refractivity contribution < 1.29 is 9.50 Å². The average Bonchev–Trinajstić information content (AvgIpc) is 2.53. The number of nitrogens with one attached hydrogen (secondary N) is 1. The molecule has 0 spiro atoms. The van der Waals surface area contributed by atoms with Gasteiger partial charge in [0.05, 0.1) is 16.3 Å². The topological polar surface area (TPSA) is 32.3 Å². The standard InChI is InChI=1S/C14H18BrClFNO/c15-11-7-10(17)8-12(16)13(11)18-9-14(19)5-3-1-2-4-6-14/h7-8,18-19H,1-6,9H2. The molecule has 1 saturated carbocycles. The van der Waals surface area contributed by atoms with Gasteiger partial charge in [0, 0.05) is 11.0 Å². The van der Waals surface area contributed by atoms with E-state index in [1.54, 1.807) is 0 Å². The third-order valence-electron chi connectivity index (χ3n) is 3.64. The number of aliphatic hydroxyl groups is 1. The molecule has 1 aliphatic carbocycles. The largest absolute Gasteiger partial charge is 0.388 e. The Morgan fingerprint density at radius 3 is 2.47 bits per heavy atom. The summed E-state index contributed by atoms with van der Waals surface area (Å²) in [4.78, 5) is 0. The van der Waals surface area contributed by atoms with E-state index < -0.39 is 5.60 Å². The molecule has 0 aromatic heterocycles. The molecule has 0 saturated heterocycles. The van der Waals surface area contributed by atoms with Gasteiger partial charge in [0.25, 0.3) is 0 Å². The fraction of sp³-hybridized carbons (Fsp3) is 0.571. The number of benzene rings is 1. The van der Waals surface area contributed by atoms with Crippen molar-refractivity contribution in [2.75, 3.05) is 11.9 Å². The van der Waals surface area contributed by atoms with Crippen LogP contribution in [0, 0.1) is 5.82 Å². The lowest BCUT2D eigenvalue weighted by Crippen LogP contribution is -2.36. The van der Waals surface area contributed by atoms with Crippen molar-refractivity contribution in [1.29, 1.82) is 0 Å². The van der Waals surface area contributed by atoms with E-state index in [0.717, 1.165) is 25.7 Å². The summed E-state index contributed by atoms with van der Waals surface area (Å²) in [5.41, 5.74) is -0.0473. The minimum Gasteiger partial charge on any atom is -0.388 e. The van der Waals surface area contributed by atoms with Crippen molar-refractivity contribution in [3.63, 3.8) is 0 Å². The van der Waals surface area contributed by atoms with E-state index in [1.807, 2.05) is 0 Å². The Morgan fingerprint density at radius 1 is 1.26 bits per heavy atom. The summed E-state index contributed by atoms with van der Waals surface area (Å²) < 4.78 is 13.7. The molecule has 2 N–H and O–H groups in total. The van der Waals surface area contributed by atoms with Crippen molar-refractivity contribution in [3.05, 3.63) is 27.4 Å². The molecule has 0 aliphatic heterocycles. The van der Waals surface area contributed by atoms with Crippen molar-refractivity contribution in [1.82, 2.24) is 0 Å². The van der Waals surface area contributed by atoms with E-state index in [1.165, 1.54) is 25.0 Å². The van der Waals surface area contributed by atoms with E-state index in [0.29, 0.717) is 21.7 Å². The highest BCUT2D eigenvalue weighted by Gasteiger charge is 2.28. The molecular formula is C14H18BrClFNO. The second-order valence-electron chi connectivity index (χ2n) is 5.24. The molecule has 2 rings (SSSR count). The minimum absolute atomic E-state index is 0.323. The second-order valence-corrected chi connectivity index (χ2v) is 6.50. The summed E-state index contributed by atoms with van der Waals surface area (Å²) in [6, 6.07) is 2.64. The Labute approximate surface area is 126 Å². The van der Waals surface area contributed by atoms with Gasteiger partial charge in [0.15, 0.2) is 0 Å². The third kappa shape index (κ3) is 4.07. The average molecular weight is 351 g/mol. The molecule has 1 aromatic carbocycles. The van der Waals surface area contributed by atoms with Gasteiger partial charge in [-0.1, -0.05) is 37.3 Å². The normalized spacial score (nSPS) is 18.9. The van der Waals surface area contributed by atoms with Crippen molar-refractivity contribution >= 4 is 33.2 Å². The van der Waals surface area contributed by atoms with Gasteiger partial charge in [-0.3, -0.25) is 0 Å². The molecule has 5 heteroatoms. The van der Waals surface area contributed by atoms with Gasteiger partial charge < -0.3 is 10.4 Å². The Morgan fingerprint density at radius 2 is 1.89 bits per heavy atom. The van der Waals surface area contributed by atoms with Crippen LogP contribution in [0.4, 0.5) is 10.1 Å². The zero-order chi connectivity index (χ0) is 13.9. The van der Waals surface area contributed by atoms with Gasteiger partial charge in [-0.05, 0) is 40.9 Å². The zero-order valence-electron chi connectivity index (χ0n) is 10.7. The molecule has 19 heavy (non-hydrogen) atoms. The van der Waals surface area contributed by atoms with E-state index in [4.69, 9.17) is 11.6 Å². The van der Waals surface area contributed by atoms with Gasteiger partial charge in [-0.25, -0.2) is 4.39 Å². The lowest BCUT2D eigenvalue weighted by molar-refractivity contribution is 0.0381. The van der Waals surface area contributed by atoms with Gasteiger partial charge in [0.2, 0.25) is 0 Å². The molecule has 0 heterocycles. The first-order valence-corrected chi connectivity index (χ1v) is 7.78. The summed E-state index contributed by atoms with van der Waals surface area (Å²) in [7, 11) is 0. The predicted molar refractivity (Wildman–Crippen MR) is 80.3 cm³/mol. The van der Waals surface area contributed by atoms with Crippen molar-refractivity contribution in [2.45, 2.75) is 44.1 Å². The highest BCUT2D eigenvalue weighted by atomic mass is 79.9. The molecule has 1 aromatic rings. The molecule has 0 atom stereocenters. The molecule has 0 unspecified atom stereocenters. The number of rotatable bonds is 3. The summed E-state index contributed by atoms with van der Waals surface area (Å²) in [5.74, 6) is -0.379. The molecule has 2 nitrogen and oxygen atoms in total. The summed E-state index contributed by atoms with van der Waals surface area (Å²) >= 11 is 9.30. The van der Waals surface area contributed by atoms with Crippen LogP contribution in [0.1, 0.15) is 38.5 Å². The molecule has 1 fully saturated rings. The first-order chi connectivity index (χ1) is 9.00. The van der Waals surface area contributed by atoms with Crippen molar-refractivity contribution in [3.8, 4) is 0 Å². The SMILES string of the molecule is OC1(CNc2c(Cl)cc(F)cc2Br)CCCCCC1. The Kier molecular flexibility index (Phi) is 5.09. The molecule has 0 bridgehead atoms. The monoisotopic (exact) mass is 349 g/mol. The summed E-state index contributed by atoms with van der Waals surface area (Å²) in [6.07, 6.45) is 6.08. The lowest BCUT2D eigenvalue weighted by atomic mass is 9.94. The highest BCUT2D eigenvalue weighted by molar-refractivity contribution is 9.10. The highest BCUT2D eigenvalue weighted by Crippen LogP contribution is 2.33. The maximum Gasteiger partial charge on any atom is 0.125 e. The van der Waals surface area contributed by atoms with Gasteiger partial charge in [0.1, 0.15) is 5.82 Å². The van der Waals surface area contributed by atoms with Crippen LogP contribution in [-0.2, 0) is 0 Å². The van der Waals surface area contributed by atoms with Crippen LogP contribution in [0.15, 0.2) is 16.6 Å². The maximum atomic E-state index is 13.1. The van der Waals surface area contributed by atoms with E-state index in [9.17, 15) is 9.50 Å². The number of halogens is 3. The number of hydrogen-bond acceptors (Lipinski definition) is 2. The predicted octanol–water partition coefficient (Wildman–Crippen LogP) is 4.74. The van der Waals surface area contributed by atoms with E-state index >= 15 is 0 Å². The second kappa shape index (κ2) is 6.42. The Balaban J connectivity index is 2.05. The van der Waals surface area contributed by atoms with Gasteiger partial charge in [-0.2, -0.15) is 0 Å². The van der Waals surface area contributed by atoms with E-state index in [2.05, 4.69) is 21.2 Å². The zero-order valence-corrected chi connectivity index (χ0v) is 13.0. The summed E-state index contributed by atoms with van der Waals surface area (Å²) in [6.45, 7) is 0.441. The van der Waals surface area contributed by atoms with Gasteiger partial charge in [-0.15, -0.1) is 0 Å². The van der Waals surface area contributed by atoms with Crippen LogP contribution < -0.4 is 5.32 Å². The van der Waals surface area contributed by atoms with Crippen LogP contribution in [0.3, 0.4) is 0 Å².